The number of hydrogen-bond acceptors (Lipinski definition) is 1. The topological polar surface area (TPSA) is 12.0 Å². The summed E-state index contributed by atoms with van der Waals surface area (Å²) < 4.78 is 27.8. The van der Waals surface area contributed by atoms with Crippen LogP contribution in [0.15, 0.2) is 40.9 Å². The SMILES string of the molecule is Cc1cc(Br)c(F)cc1NC1CC(c2ccccc2F)C1. The van der Waals surface area contributed by atoms with Gasteiger partial charge in [-0.25, -0.2) is 8.78 Å². The summed E-state index contributed by atoms with van der Waals surface area (Å²) in [4.78, 5) is 0. The summed E-state index contributed by atoms with van der Waals surface area (Å²) in [5.41, 5.74) is 2.60. The molecule has 1 fully saturated rings. The number of aryl methyl sites for hydroxylation is 1. The van der Waals surface area contributed by atoms with E-state index in [0.29, 0.717) is 4.47 Å². The quantitative estimate of drug-likeness (QED) is 0.781. The van der Waals surface area contributed by atoms with Gasteiger partial charge in [-0.1, -0.05) is 18.2 Å². The monoisotopic (exact) mass is 351 g/mol. The molecular formula is C17H16BrF2N. The van der Waals surface area contributed by atoms with Crippen molar-refractivity contribution in [2.45, 2.75) is 31.7 Å². The predicted octanol–water partition coefficient (Wildman–Crippen LogP) is 5.39. The summed E-state index contributed by atoms with van der Waals surface area (Å²) in [7, 11) is 0. The normalized spacial score (nSPS) is 21.0. The van der Waals surface area contributed by atoms with Gasteiger partial charge in [0, 0.05) is 11.7 Å². The Hall–Kier alpha value is -1.42. The van der Waals surface area contributed by atoms with Crippen molar-refractivity contribution < 1.29 is 8.78 Å². The van der Waals surface area contributed by atoms with E-state index in [1.54, 1.807) is 12.1 Å². The molecule has 1 saturated carbocycles. The van der Waals surface area contributed by atoms with E-state index in [4.69, 9.17) is 0 Å². The third-order valence-corrected chi connectivity index (χ3v) is 4.72. The minimum atomic E-state index is -0.270. The summed E-state index contributed by atoms with van der Waals surface area (Å²) in [5, 5.41) is 3.35. The van der Waals surface area contributed by atoms with E-state index < -0.39 is 0 Å². The van der Waals surface area contributed by atoms with E-state index in [9.17, 15) is 8.78 Å². The molecule has 0 saturated heterocycles. The zero-order valence-corrected chi connectivity index (χ0v) is 13.3. The summed E-state index contributed by atoms with van der Waals surface area (Å²) in [5.74, 6) is -0.149. The number of nitrogens with one attached hydrogen (secondary N) is 1. The molecule has 0 heterocycles. The van der Waals surface area contributed by atoms with E-state index in [1.165, 1.54) is 12.1 Å². The summed E-state index contributed by atoms with van der Waals surface area (Å²) in [6.07, 6.45) is 1.75. The van der Waals surface area contributed by atoms with Gasteiger partial charge in [-0.2, -0.15) is 0 Å². The van der Waals surface area contributed by atoms with Crippen LogP contribution in [0.1, 0.15) is 29.9 Å². The molecular weight excluding hydrogens is 336 g/mol. The fourth-order valence-electron chi connectivity index (χ4n) is 2.82. The van der Waals surface area contributed by atoms with Crippen molar-refractivity contribution >= 4 is 21.6 Å². The standard InChI is InChI=1S/C17H16BrF2N/c1-10-6-14(18)16(20)9-17(10)21-12-7-11(8-12)13-4-2-3-5-15(13)19/h2-6,9,11-12,21H,7-8H2,1H3. The van der Waals surface area contributed by atoms with Crippen LogP contribution in [0.2, 0.25) is 0 Å². The van der Waals surface area contributed by atoms with Crippen molar-refractivity contribution in [1.82, 2.24) is 0 Å². The molecule has 3 rings (SSSR count). The number of halogens is 3. The van der Waals surface area contributed by atoms with Crippen molar-refractivity contribution in [1.29, 1.82) is 0 Å². The number of hydrogen-bond donors (Lipinski definition) is 1. The van der Waals surface area contributed by atoms with Crippen LogP contribution in [0.25, 0.3) is 0 Å². The van der Waals surface area contributed by atoms with Crippen molar-refractivity contribution in [2.75, 3.05) is 5.32 Å². The Bertz CT molecular complexity index is 666. The van der Waals surface area contributed by atoms with Gasteiger partial charge in [0.25, 0.3) is 0 Å². The van der Waals surface area contributed by atoms with E-state index in [-0.39, 0.29) is 23.6 Å². The van der Waals surface area contributed by atoms with Crippen LogP contribution in [0.3, 0.4) is 0 Å². The van der Waals surface area contributed by atoms with Gasteiger partial charge >= 0.3 is 0 Å². The van der Waals surface area contributed by atoms with Crippen LogP contribution in [0, 0.1) is 18.6 Å². The molecule has 1 N–H and O–H groups in total. The Morgan fingerprint density at radius 1 is 1.10 bits per heavy atom. The van der Waals surface area contributed by atoms with Gasteiger partial charge in [-0.05, 0) is 70.9 Å². The molecule has 110 valence electrons. The molecule has 0 unspecified atom stereocenters. The van der Waals surface area contributed by atoms with E-state index in [1.807, 2.05) is 19.1 Å². The molecule has 0 radical (unpaired) electrons. The first-order valence-corrected chi connectivity index (χ1v) is 7.80. The fraction of sp³-hybridized carbons (Fsp3) is 0.294. The van der Waals surface area contributed by atoms with Crippen LogP contribution >= 0.6 is 15.9 Å². The molecule has 1 aliphatic rings. The van der Waals surface area contributed by atoms with Crippen molar-refractivity contribution in [3.63, 3.8) is 0 Å². The molecule has 0 aromatic heterocycles. The first-order chi connectivity index (χ1) is 10.0. The zero-order valence-electron chi connectivity index (χ0n) is 11.7. The predicted molar refractivity (Wildman–Crippen MR) is 84.6 cm³/mol. The number of rotatable bonds is 3. The van der Waals surface area contributed by atoms with Crippen molar-refractivity contribution in [2.24, 2.45) is 0 Å². The van der Waals surface area contributed by atoms with Gasteiger partial charge in [-0.15, -0.1) is 0 Å². The van der Waals surface area contributed by atoms with E-state index in [0.717, 1.165) is 29.7 Å². The first-order valence-electron chi connectivity index (χ1n) is 7.01. The Labute approximate surface area is 131 Å². The summed E-state index contributed by atoms with van der Waals surface area (Å²) in [6.45, 7) is 1.94. The fourth-order valence-corrected chi connectivity index (χ4v) is 3.28. The largest absolute Gasteiger partial charge is 0.382 e. The minimum Gasteiger partial charge on any atom is -0.382 e. The second-order valence-corrected chi connectivity index (χ2v) is 6.47. The highest BCUT2D eigenvalue weighted by Crippen LogP contribution is 2.40. The molecule has 0 spiro atoms. The average molecular weight is 352 g/mol. The molecule has 2 aromatic rings. The van der Waals surface area contributed by atoms with Crippen LogP contribution in [-0.4, -0.2) is 6.04 Å². The summed E-state index contributed by atoms with van der Waals surface area (Å²) in [6, 6.07) is 10.5. The Morgan fingerprint density at radius 2 is 1.81 bits per heavy atom. The third kappa shape index (κ3) is 2.95. The van der Waals surface area contributed by atoms with Gasteiger partial charge < -0.3 is 5.32 Å². The molecule has 1 nitrogen and oxygen atoms in total. The van der Waals surface area contributed by atoms with Crippen LogP contribution in [0.5, 0.6) is 0 Å². The zero-order chi connectivity index (χ0) is 15.0. The van der Waals surface area contributed by atoms with Gasteiger partial charge in [0.05, 0.1) is 4.47 Å². The summed E-state index contributed by atoms with van der Waals surface area (Å²) >= 11 is 3.18. The lowest BCUT2D eigenvalue weighted by Gasteiger charge is -2.37. The van der Waals surface area contributed by atoms with Crippen LogP contribution in [-0.2, 0) is 0 Å². The van der Waals surface area contributed by atoms with Crippen LogP contribution < -0.4 is 5.32 Å². The highest BCUT2D eigenvalue weighted by atomic mass is 79.9. The number of benzene rings is 2. The van der Waals surface area contributed by atoms with Gasteiger partial charge in [0.1, 0.15) is 11.6 Å². The molecule has 0 aliphatic heterocycles. The third-order valence-electron chi connectivity index (χ3n) is 4.11. The van der Waals surface area contributed by atoms with E-state index >= 15 is 0 Å². The molecule has 1 aliphatic carbocycles. The van der Waals surface area contributed by atoms with Crippen molar-refractivity contribution in [3.8, 4) is 0 Å². The minimum absolute atomic E-state index is 0.133. The molecule has 21 heavy (non-hydrogen) atoms. The highest BCUT2D eigenvalue weighted by Gasteiger charge is 2.32. The van der Waals surface area contributed by atoms with Crippen LogP contribution in [0.4, 0.5) is 14.5 Å². The van der Waals surface area contributed by atoms with E-state index in [2.05, 4.69) is 21.2 Å². The van der Waals surface area contributed by atoms with Gasteiger partial charge in [0.15, 0.2) is 0 Å². The Balaban J connectivity index is 1.65. The lowest BCUT2D eigenvalue weighted by molar-refractivity contribution is 0.363. The second-order valence-electron chi connectivity index (χ2n) is 5.61. The van der Waals surface area contributed by atoms with Gasteiger partial charge in [-0.3, -0.25) is 0 Å². The second kappa shape index (κ2) is 5.76. The maximum atomic E-state index is 13.7. The molecule has 0 bridgehead atoms. The maximum absolute atomic E-state index is 13.7. The maximum Gasteiger partial charge on any atom is 0.139 e. The Morgan fingerprint density at radius 3 is 2.52 bits per heavy atom. The van der Waals surface area contributed by atoms with Gasteiger partial charge in [0.2, 0.25) is 0 Å². The average Bonchev–Trinajstić information content (AvgIpc) is 2.40. The lowest BCUT2D eigenvalue weighted by Crippen LogP contribution is -2.34. The number of anilines is 1. The Kier molecular flexibility index (Phi) is 3.98. The van der Waals surface area contributed by atoms with Crippen molar-refractivity contribution in [3.05, 3.63) is 63.6 Å². The molecule has 0 atom stereocenters. The highest BCUT2D eigenvalue weighted by molar-refractivity contribution is 9.10. The smallest absolute Gasteiger partial charge is 0.139 e. The molecule has 0 amide bonds. The lowest BCUT2D eigenvalue weighted by atomic mass is 9.75. The molecule has 2 aromatic carbocycles. The molecule has 4 heteroatoms. The first kappa shape index (κ1) is 14.5.